The lowest BCUT2D eigenvalue weighted by Gasteiger charge is -2.25. The normalized spacial score (nSPS) is 19.3. The molecule has 1 saturated heterocycles. The molecule has 0 radical (unpaired) electrons. The van der Waals surface area contributed by atoms with E-state index in [0.717, 1.165) is 48.9 Å². The Kier molecular flexibility index (Phi) is 6.14. The van der Waals surface area contributed by atoms with Crippen LogP contribution in [0.5, 0.6) is 5.75 Å². The Bertz CT molecular complexity index is 417. The number of hydrogen-bond donors (Lipinski definition) is 1. The molecule has 3 nitrogen and oxygen atoms in total. The molecule has 112 valence electrons. The van der Waals surface area contributed by atoms with E-state index in [9.17, 15) is 0 Å². The number of benzene rings is 1. The molecule has 4 heteroatoms. The first kappa shape index (κ1) is 15.6. The van der Waals surface area contributed by atoms with Crippen LogP contribution in [0.2, 0.25) is 5.02 Å². The van der Waals surface area contributed by atoms with Crippen LogP contribution >= 0.6 is 11.6 Å². The summed E-state index contributed by atoms with van der Waals surface area (Å²) in [7, 11) is 0. The fraction of sp³-hybridized carbons (Fsp3) is 0.625. The number of rotatable bonds is 6. The van der Waals surface area contributed by atoms with Gasteiger partial charge in [0.15, 0.2) is 0 Å². The van der Waals surface area contributed by atoms with E-state index < -0.39 is 0 Å². The number of halogens is 1. The zero-order chi connectivity index (χ0) is 14.4. The van der Waals surface area contributed by atoms with E-state index in [2.05, 4.69) is 19.2 Å². The van der Waals surface area contributed by atoms with Crippen LogP contribution in [0.3, 0.4) is 0 Å². The third-order valence-electron chi connectivity index (χ3n) is 3.34. The first-order valence-corrected chi connectivity index (χ1v) is 7.77. The van der Waals surface area contributed by atoms with Crippen molar-refractivity contribution in [1.29, 1.82) is 0 Å². The summed E-state index contributed by atoms with van der Waals surface area (Å²) in [6, 6.07) is 5.85. The van der Waals surface area contributed by atoms with Crippen molar-refractivity contribution in [2.24, 2.45) is 5.92 Å². The predicted octanol–water partition coefficient (Wildman–Crippen LogP) is 3.64. The Labute approximate surface area is 126 Å². The van der Waals surface area contributed by atoms with Crippen LogP contribution in [0.1, 0.15) is 32.3 Å². The second-order valence-electron chi connectivity index (χ2n) is 5.70. The zero-order valence-electron chi connectivity index (χ0n) is 12.3. The van der Waals surface area contributed by atoms with Crippen LogP contribution < -0.4 is 10.1 Å². The van der Waals surface area contributed by atoms with E-state index in [1.165, 1.54) is 0 Å². The Balaban J connectivity index is 2.01. The van der Waals surface area contributed by atoms with Gasteiger partial charge in [0.2, 0.25) is 0 Å². The van der Waals surface area contributed by atoms with Crippen LogP contribution in [-0.4, -0.2) is 25.9 Å². The Morgan fingerprint density at radius 3 is 3.00 bits per heavy atom. The van der Waals surface area contributed by atoms with Gasteiger partial charge in [0.05, 0.1) is 6.61 Å². The van der Waals surface area contributed by atoms with Gasteiger partial charge in [-0.3, -0.25) is 0 Å². The minimum atomic E-state index is 0.145. The van der Waals surface area contributed by atoms with Crippen LogP contribution in [0, 0.1) is 5.92 Å². The largest absolute Gasteiger partial charge is 0.488 e. The third-order valence-corrected chi connectivity index (χ3v) is 3.70. The van der Waals surface area contributed by atoms with Gasteiger partial charge in [-0.1, -0.05) is 31.5 Å². The van der Waals surface area contributed by atoms with Crippen LogP contribution in [0.15, 0.2) is 18.2 Å². The average molecular weight is 298 g/mol. The molecule has 1 unspecified atom stereocenters. The molecule has 1 aliphatic heterocycles. The highest BCUT2D eigenvalue weighted by Crippen LogP contribution is 2.28. The lowest BCUT2D eigenvalue weighted by atomic mass is 10.1. The monoisotopic (exact) mass is 297 g/mol. The number of nitrogens with one attached hydrogen (secondary N) is 1. The van der Waals surface area contributed by atoms with E-state index in [4.69, 9.17) is 21.1 Å². The van der Waals surface area contributed by atoms with Crippen molar-refractivity contribution in [3.8, 4) is 5.75 Å². The van der Waals surface area contributed by atoms with Gasteiger partial charge in [0.1, 0.15) is 11.9 Å². The molecular weight excluding hydrogens is 274 g/mol. The molecule has 20 heavy (non-hydrogen) atoms. The van der Waals surface area contributed by atoms with E-state index >= 15 is 0 Å². The maximum absolute atomic E-state index is 6.31. The van der Waals surface area contributed by atoms with Crippen molar-refractivity contribution in [1.82, 2.24) is 5.32 Å². The summed E-state index contributed by atoms with van der Waals surface area (Å²) in [4.78, 5) is 0. The first-order chi connectivity index (χ1) is 9.66. The van der Waals surface area contributed by atoms with E-state index in [0.29, 0.717) is 12.5 Å². The summed E-state index contributed by atoms with van der Waals surface area (Å²) >= 11 is 6.31. The maximum atomic E-state index is 6.31. The van der Waals surface area contributed by atoms with Crippen LogP contribution in [0.4, 0.5) is 0 Å². The summed E-state index contributed by atoms with van der Waals surface area (Å²) in [5.41, 5.74) is 1.04. The number of hydrogen-bond acceptors (Lipinski definition) is 3. The maximum Gasteiger partial charge on any atom is 0.125 e. The van der Waals surface area contributed by atoms with Gasteiger partial charge < -0.3 is 14.8 Å². The Morgan fingerprint density at radius 1 is 1.45 bits per heavy atom. The molecule has 0 bridgehead atoms. The standard InChI is InChI=1S/C16H24ClNO2/c1-12(2)9-18-10-14-15(17)6-3-7-16(14)20-13-5-4-8-19-11-13/h3,6-7,12-13,18H,4-5,8-11H2,1-2H3. The molecule has 0 saturated carbocycles. The van der Waals surface area contributed by atoms with Crippen molar-refractivity contribution in [3.63, 3.8) is 0 Å². The Morgan fingerprint density at radius 2 is 2.30 bits per heavy atom. The SMILES string of the molecule is CC(C)CNCc1c(Cl)cccc1OC1CCCOC1. The van der Waals surface area contributed by atoms with Crippen molar-refractivity contribution < 1.29 is 9.47 Å². The molecule has 1 aromatic rings. The lowest BCUT2D eigenvalue weighted by Crippen LogP contribution is -2.28. The molecule has 1 fully saturated rings. The quantitative estimate of drug-likeness (QED) is 0.869. The molecule has 0 spiro atoms. The van der Waals surface area contributed by atoms with Gasteiger partial charge >= 0.3 is 0 Å². The smallest absolute Gasteiger partial charge is 0.125 e. The molecule has 2 rings (SSSR count). The van der Waals surface area contributed by atoms with E-state index in [1.54, 1.807) is 0 Å². The molecule has 1 aromatic carbocycles. The average Bonchev–Trinajstić information content (AvgIpc) is 2.43. The minimum absolute atomic E-state index is 0.145. The highest BCUT2D eigenvalue weighted by atomic mass is 35.5. The predicted molar refractivity (Wildman–Crippen MR) is 82.5 cm³/mol. The topological polar surface area (TPSA) is 30.5 Å². The zero-order valence-corrected chi connectivity index (χ0v) is 13.1. The molecule has 1 heterocycles. The van der Waals surface area contributed by atoms with Gasteiger partial charge in [-0.25, -0.2) is 0 Å². The van der Waals surface area contributed by atoms with Crippen molar-refractivity contribution in [3.05, 3.63) is 28.8 Å². The molecule has 0 amide bonds. The molecule has 1 atom stereocenters. The van der Waals surface area contributed by atoms with E-state index in [-0.39, 0.29) is 6.10 Å². The first-order valence-electron chi connectivity index (χ1n) is 7.39. The molecule has 0 aliphatic carbocycles. The highest BCUT2D eigenvalue weighted by Gasteiger charge is 2.17. The minimum Gasteiger partial charge on any atom is -0.488 e. The molecule has 1 N–H and O–H groups in total. The van der Waals surface area contributed by atoms with Gasteiger partial charge in [-0.2, -0.15) is 0 Å². The van der Waals surface area contributed by atoms with Crippen molar-refractivity contribution in [2.45, 2.75) is 39.3 Å². The summed E-state index contributed by atoms with van der Waals surface area (Å²) in [5.74, 6) is 1.50. The fourth-order valence-corrected chi connectivity index (χ4v) is 2.52. The fourth-order valence-electron chi connectivity index (χ4n) is 2.29. The number of ether oxygens (including phenoxy) is 2. The van der Waals surface area contributed by atoms with Gasteiger partial charge in [0.25, 0.3) is 0 Å². The second-order valence-corrected chi connectivity index (χ2v) is 6.11. The van der Waals surface area contributed by atoms with Crippen LogP contribution in [-0.2, 0) is 11.3 Å². The van der Waals surface area contributed by atoms with Gasteiger partial charge in [0, 0.05) is 23.7 Å². The van der Waals surface area contributed by atoms with Crippen molar-refractivity contribution in [2.75, 3.05) is 19.8 Å². The van der Waals surface area contributed by atoms with Crippen LogP contribution in [0.25, 0.3) is 0 Å². The third kappa shape index (κ3) is 4.65. The molecule has 0 aromatic heterocycles. The van der Waals surface area contributed by atoms with Gasteiger partial charge in [-0.05, 0) is 37.4 Å². The summed E-state index contributed by atoms with van der Waals surface area (Å²) in [6.07, 6.45) is 2.25. The molecular formula is C16H24ClNO2. The summed E-state index contributed by atoms with van der Waals surface area (Å²) < 4.78 is 11.5. The van der Waals surface area contributed by atoms with Gasteiger partial charge in [-0.15, -0.1) is 0 Å². The van der Waals surface area contributed by atoms with Crippen molar-refractivity contribution >= 4 is 11.6 Å². The second kappa shape index (κ2) is 7.87. The molecule has 1 aliphatic rings. The van der Waals surface area contributed by atoms with E-state index in [1.807, 2.05) is 18.2 Å². The summed E-state index contributed by atoms with van der Waals surface area (Å²) in [5, 5.41) is 4.18. The Hall–Kier alpha value is -0.770. The summed E-state index contributed by atoms with van der Waals surface area (Å²) in [6.45, 7) is 7.61. The highest BCUT2D eigenvalue weighted by molar-refractivity contribution is 6.31. The lowest BCUT2D eigenvalue weighted by molar-refractivity contribution is 0.00701.